The van der Waals surface area contributed by atoms with Gasteiger partial charge in [0.15, 0.2) is 12.6 Å². The zero-order chi connectivity index (χ0) is 67.3. The monoisotopic (exact) mass is 1300 g/mol. The third kappa shape index (κ3) is 45.1. The van der Waals surface area contributed by atoms with Crippen molar-refractivity contribution in [2.45, 2.75) is 325 Å². The Morgan fingerprint density at radius 1 is 0.398 bits per heavy atom. The zero-order valence-electron chi connectivity index (χ0n) is 57.7. The first-order chi connectivity index (χ1) is 45.6. The van der Waals surface area contributed by atoms with Crippen LogP contribution in [0, 0.1) is 0 Å². The SMILES string of the molecule is CC/C=C\C/C=C\C/C=C\C/C=C\C/C=C\C/C=C\C/C=C\C/C=C\C/C=C\C/C=C\C/C=C\CCCCCCCCCC(=O)NC(COC1OC(CO)C(OC2OC(CO)C(O)C(O)C2O)C(O)C1O)C(O)/C=C/CCCCCCCCCCCCCCCCCC. The van der Waals surface area contributed by atoms with Crippen molar-refractivity contribution in [2.24, 2.45) is 0 Å². The maximum atomic E-state index is 13.3. The van der Waals surface area contributed by atoms with Crippen LogP contribution in [0.5, 0.6) is 0 Å². The highest BCUT2D eigenvalue weighted by Gasteiger charge is 2.51. The van der Waals surface area contributed by atoms with E-state index in [-0.39, 0.29) is 18.9 Å². The van der Waals surface area contributed by atoms with Gasteiger partial charge in [0.05, 0.1) is 32.0 Å². The maximum absolute atomic E-state index is 13.3. The van der Waals surface area contributed by atoms with Crippen molar-refractivity contribution in [3.8, 4) is 0 Å². The Bertz CT molecular complexity index is 2120. The Balaban J connectivity index is 1.64. The number of carbonyl (C=O) groups is 1. The molecule has 2 heterocycles. The average molecular weight is 1300 g/mol. The molecule has 2 aliphatic heterocycles. The largest absolute Gasteiger partial charge is 0.394 e. The molecule has 530 valence electrons. The fourth-order valence-electron chi connectivity index (χ4n) is 11.0. The summed E-state index contributed by atoms with van der Waals surface area (Å²) in [5, 5.41) is 87.4. The Morgan fingerprint density at radius 2 is 0.742 bits per heavy atom. The lowest BCUT2D eigenvalue weighted by Crippen LogP contribution is -2.65. The van der Waals surface area contributed by atoms with E-state index in [4.69, 9.17) is 18.9 Å². The number of hydrogen-bond acceptors (Lipinski definition) is 13. The Kier molecular flexibility index (Phi) is 56.1. The lowest BCUT2D eigenvalue weighted by Gasteiger charge is -2.46. The molecule has 0 aromatic carbocycles. The summed E-state index contributed by atoms with van der Waals surface area (Å²) in [5.41, 5.74) is 0. The van der Waals surface area contributed by atoms with Crippen LogP contribution in [0.4, 0.5) is 0 Å². The molecule has 14 heteroatoms. The number of carbonyl (C=O) groups excluding carboxylic acids is 1. The number of ether oxygens (including phenoxy) is 4. The first-order valence-electron chi connectivity index (χ1n) is 36.6. The lowest BCUT2D eigenvalue weighted by molar-refractivity contribution is -0.359. The molecule has 12 unspecified atom stereocenters. The van der Waals surface area contributed by atoms with E-state index in [9.17, 15) is 45.6 Å². The van der Waals surface area contributed by atoms with Gasteiger partial charge in [-0.25, -0.2) is 0 Å². The van der Waals surface area contributed by atoms with Crippen molar-refractivity contribution in [1.82, 2.24) is 5.32 Å². The van der Waals surface area contributed by atoms with Crippen LogP contribution in [0.2, 0.25) is 0 Å². The summed E-state index contributed by atoms with van der Waals surface area (Å²) >= 11 is 0. The minimum absolute atomic E-state index is 0.255. The molecule has 0 aliphatic carbocycles. The minimum Gasteiger partial charge on any atom is -0.394 e. The summed E-state index contributed by atoms with van der Waals surface area (Å²) in [6, 6.07) is -0.932. The lowest BCUT2D eigenvalue weighted by atomic mass is 9.97. The van der Waals surface area contributed by atoms with E-state index < -0.39 is 86.8 Å². The molecular weight excluding hydrogens is 1170 g/mol. The molecule has 0 aromatic rings. The highest BCUT2D eigenvalue weighted by Crippen LogP contribution is 2.30. The van der Waals surface area contributed by atoms with Gasteiger partial charge in [-0.1, -0.05) is 288 Å². The second-order valence-corrected chi connectivity index (χ2v) is 25.0. The standard InChI is InChI=1S/C79H131NO13/c1-3-5-7-9-11-13-15-17-19-21-23-24-25-26-27-28-29-30-31-32-33-34-35-36-37-38-39-40-41-42-43-44-45-47-49-51-53-55-57-59-61-63-71(84)80-67(68(83)62-60-58-56-54-52-50-48-46-22-20-18-16-14-12-10-8-6-4-2)66-90-78-76(89)74(87)77(70(65-82)92-78)93-79-75(88)73(86)72(85)69(64-81)91-79/h5,7,11,13,17,19,23-24,26-27,29-30,32-33,35-36,38-39,41-42,44-45,60,62,67-70,72-79,81-83,85-89H,3-4,6,8-10,12,14-16,18,20-22,25,28,31,34,37,40,43,46-59,61,63-66H2,1-2H3,(H,80,84)/b7-5-,13-11-,19-17-,24-23-,27-26-,30-29-,33-32-,36-35-,39-38-,42-41-,45-44-,62-60+. The number of amides is 1. The summed E-state index contributed by atoms with van der Waals surface area (Å²) < 4.78 is 22.8. The smallest absolute Gasteiger partial charge is 0.220 e. The van der Waals surface area contributed by atoms with Crippen LogP contribution in [-0.4, -0.2) is 140 Å². The van der Waals surface area contributed by atoms with Crippen molar-refractivity contribution >= 4 is 5.91 Å². The predicted octanol–water partition coefficient (Wildman–Crippen LogP) is 15.6. The van der Waals surface area contributed by atoms with Crippen molar-refractivity contribution in [3.05, 3.63) is 146 Å². The van der Waals surface area contributed by atoms with E-state index in [1.807, 2.05) is 6.08 Å². The van der Waals surface area contributed by atoms with E-state index in [1.54, 1.807) is 6.08 Å². The normalized spacial score (nSPS) is 23.5. The van der Waals surface area contributed by atoms with Crippen LogP contribution in [0.25, 0.3) is 0 Å². The molecule has 2 saturated heterocycles. The number of unbranched alkanes of at least 4 members (excludes halogenated alkanes) is 23. The average Bonchev–Trinajstić information content (AvgIpc) is 0.958. The molecule has 0 saturated carbocycles. The molecule has 0 radical (unpaired) electrons. The van der Waals surface area contributed by atoms with E-state index in [0.717, 1.165) is 135 Å². The molecule has 0 aromatic heterocycles. The van der Waals surface area contributed by atoms with Gasteiger partial charge in [0.1, 0.15) is 48.8 Å². The number of rotatable bonds is 58. The van der Waals surface area contributed by atoms with Crippen LogP contribution >= 0.6 is 0 Å². The summed E-state index contributed by atoms with van der Waals surface area (Å²) in [6.07, 6.45) is 76.1. The van der Waals surface area contributed by atoms with Crippen LogP contribution in [0.1, 0.15) is 251 Å². The van der Waals surface area contributed by atoms with Gasteiger partial charge in [-0.15, -0.1) is 0 Å². The zero-order valence-corrected chi connectivity index (χ0v) is 57.7. The van der Waals surface area contributed by atoms with Crippen LogP contribution in [0.15, 0.2) is 146 Å². The summed E-state index contributed by atoms with van der Waals surface area (Å²) in [4.78, 5) is 13.3. The van der Waals surface area contributed by atoms with Crippen LogP contribution in [-0.2, 0) is 23.7 Å². The maximum Gasteiger partial charge on any atom is 0.220 e. The molecule has 2 fully saturated rings. The molecule has 93 heavy (non-hydrogen) atoms. The van der Waals surface area contributed by atoms with Gasteiger partial charge >= 0.3 is 0 Å². The molecule has 2 aliphatic rings. The predicted molar refractivity (Wildman–Crippen MR) is 382 cm³/mol. The summed E-state index contributed by atoms with van der Waals surface area (Å²) in [7, 11) is 0. The van der Waals surface area contributed by atoms with Gasteiger partial charge in [0, 0.05) is 6.42 Å². The fourth-order valence-corrected chi connectivity index (χ4v) is 11.0. The Hall–Kier alpha value is -4.13. The van der Waals surface area contributed by atoms with E-state index in [1.165, 1.54) is 89.9 Å². The number of allylic oxidation sites excluding steroid dienone is 23. The Morgan fingerprint density at radius 3 is 1.14 bits per heavy atom. The molecule has 0 bridgehead atoms. The van der Waals surface area contributed by atoms with E-state index >= 15 is 0 Å². The molecule has 2 rings (SSSR count). The van der Waals surface area contributed by atoms with Crippen molar-refractivity contribution in [1.29, 1.82) is 0 Å². The minimum atomic E-state index is -1.80. The van der Waals surface area contributed by atoms with Crippen molar-refractivity contribution in [2.75, 3.05) is 19.8 Å². The van der Waals surface area contributed by atoms with Crippen molar-refractivity contribution in [3.63, 3.8) is 0 Å². The van der Waals surface area contributed by atoms with Gasteiger partial charge in [-0.2, -0.15) is 0 Å². The topological polar surface area (TPSA) is 228 Å². The van der Waals surface area contributed by atoms with Crippen molar-refractivity contribution < 1.29 is 64.6 Å². The van der Waals surface area contributed by atoms with Gasteiger partial charge in [-0.3, -0.25) is 4.79 Å². The molecule has 1 amide bonds. The first-order valence-corrected chi connectivity index (χ1v) is 36.6. The first kappa shape index (κ1) is 85.0. The third-order valence-electron chi connectivity index (χ3n) is 16.8. The van der Waals surface area contributed by atoms with Crippen LogP contribution < -0.4 is 5.32 Å². The van der Waals surface area contributed by atoms with Gasteiger partial charge in [0.25, 0.3) is 0 Å². The molecule has 14 nitrogen and oxygen atoms in total. The molecule has 12 atom stereocenters. The number of aliphatic hydroxyl groups excluding tert-OH is 8. The van der Waals surface area contributed by atoms with Gasteiger partial charge in [-0.05, 0) is 103 Å². The quantitative estimate of drug-likeness (QED) is 0.0204. The van der Waals surface area contributed by atoms with E-state index in [0.29, 0.717) is 6.42 Å². The fraction of sp³-hybridized carbons (Fsp3) is 0.684. The molecule has 0 spiro atoms. The number of aliphatic hydroxyl groups is 8. The van der Waals surface area contributed by atoms with Crippen LogP contribution in [0.3, 0.4) is 0 Å². The van der Waals surface area contributed by atoms with E-state index in [2.05, 4.69) is 153 Å². The highest BCUT2D eigenvalue weighted by molar-refractivity contribution is 5.76. The van der Waals surface area contributed by atoms with Gasteiger partial charge in [0.2, 0.25) is 5.91 Å². The Labute approximate surface area is 563 Å². The molecule has 9 N–H and O–H groups in total. The third-order valence-corrected chi connectivity index (χ3v) is 16.8. The van der Waals surface area contributed by atoms with Gasteiger partial charge < -0.3 is 65.1 Å². The summed E-state index contributed by atoms with van der Waals surface area (Å²) in [6.45, 7) is 2.68. The second kappa shape index (κ2) is 61.5. The number of hydrogen-bond donors (Lipinski definition) is 9. The number of nitrogens with one attached hydrogen (secondary N) is 1. The second-order valence-electron chi connectivity index (χ2n) is 25.0. The summed E-state index contributed by atoms with van der Waals surface area (Å²) in [5.74, 6) is -0.255. The molecular formula is C79H131NO13. The highest BCUT2D eigenvalue weighted by atomic mass is 16.7.